The van der Waals surface area contributed by atoms with Gasteiger partial charge < -0.3 is 14.7 Å². The Balaban J connectivity index is 0.000000277. The lowest BCUT2D eigenvalue weighted by Gasteiger charge is -2.15. The van der Waals surface area contributed by atoms with Crippen molar-refractivity contribution in [1.29, 1.82) is 0 Å². The number of hydrogen-bond donors (Lipinski definition) is 4. The van der Waals surface area contributed by atoms with Gasteiger partial charge in [0.2, 0.25) is 0 Å². The Morgan fingerprint density at radius 3 is 1.65 bits per heavy atom. The molecule has 0 radical (unpaired) electrons. The fourth-order valence-corrected chi connectivity index (χ4v) is 2.30. The molecule has 0 amide bonds. The van der Waals surface area contributed by atoms with Gasteiger partial charge >= 0.3 is 7.82 Å². The Bertz CT molecular complexity index is 697. The molecule has 0 fully saturated rings. The van der Waals surface area contributed by atoms with Gasteiger partial charge in [0, 0.05) is 0 Å². The summed E-state index contributed by atoms with van der Waals surface area (Å²) in [6, 6.07) is 7.35. The number of phenolic OH excluding ortho intramolecular Hbond substituents is 2. The van der Waals surface area contributed by atoms with Gasteiger partial charge in [0.25, 0.3) is 0 Å². The summed E-state index contributed by atoms with van der Waals surface area (Å²) in [5.41, 5.74) is 3.84. The van der Waals surface area contributed by atoms with Crippen molar-refractivity contribution in [1.82, 2.24) is 0 Å². The monoisotopic (exact) mass is 340 g/mol. The van der Waals surface area contributed by atoms with Crippen molar-refractivity contribution in [3.05, 3.63) is 52.6 Å². The van der Waals surface area contributed by atoms with E-state index < -0.39 is 7.82 Å². The predicted octanol–water partition coefficient (Wildman–Crippen LogP) is 3.49. The Kier molecular flexibility index (Phi) is 6.21. The van der Waals surface area contributed by atoms with Crippen LogP contribution in [0.5, 0.6) is 17.2 Å². The molecule has 4 N–H and O–H groups in total. The number of phosphoric ester groups is 1. The Morgan fingerprint density at radius 1 is 0.826 bits per heavy atom. The highest BCUT2D eigenvalue weighted by Crippen LogP contribution is 2.40. The SMILES string of the molecule is Cc1cc(OP(=O)(O)O)c(C)c(C)c1C.Oc1ccc(O)cc1. The van der Waals surface area contributed by atoms with Gasteiger partial charge in [-0.3, -0.25) is 9.79 Å². The third kappa shape index (κ3) is 5.94. The molecule has 2 aromatic carbocycles. The summed E-state index contributed by atoms with van der Waals surface area (Å²) in [5.74, 6) is 0.592. The van der Waals surface area contributed by atoms with E-state index in [4.69, 9.17) is 20.0 Å². The van der Waals surface area contributed by atoms with Crippen LogP contribution in [0.2, 0.25) is 0 Å². The zero-order chi connectivity index (χ0) is 17.8. The van der Waals surface area contributed by atoms with Crippen molar-refractivity contribution in [2.75, 3.05) is 0 Å². The molecule has 0 aliphatic heterocycles. The number of phenols is 2. The predicted molar refractivity (Wildman–Crippen MR) is 87.8 cm³/mol. The van der Waals surface area contributed by atoms with Gasteiger partial charge in [-0.15, -0.1) is 0 Å². The van der Waals surface area contributed by atoms with E-state index in [0.29, 0.717) is 0 Å². The van der Waals surface area contributed by atoms with E-state index in [0.717, 1.165) is 22.3 Å². The summed E-state index contributed by atoms with van der Waals surface area (Å²) >= 11 is 0. The second-order valence-corrected chi connectivity index (χ2v) is 6.33. The highest BCUT2D eigenvalue weighted by atomic mass is 31.2. The number of rotatable bonds is 2. The minimum Gasteiger partial charge on any atom is -0.508 e. The average molecular weight is 340 g/mol. The molecule has 7 heteroatoms. The average Bonchev–Trinajstić information content (AvgIpc) is 2.45. The zero-order valence-corrected chi connectivity index (χ0v) is 14.3. The maximum atomic E-state index is 10.7. The lowest BCUT2D eigenvalue weighted by molar-refractivity contribution is 0.282. The summed E-state index contributed by atoms with van der Waals surface area (Å²) in [6.07, 6.45) is 0. The van der Waals surface area contributed by atoms with Crippen LogP contribution < -0.4 is 4.52 Å². The van der Waals surface area contributed by atoms with Gasteiger partial charge in [-0.05, 0) is 80.3 Å². The highest BCUT2D eigenvalue weighted by Gasteiger charge is 2.19. The minimum absolute atomic E-state index is 0.169. The van der Waals surface area contributed by atoms with Crippen LogP contribution in [-0.2, 0) is 4.57 Å². The molecule has 0 spiro atoms. The quantitative estimate of drug-likeness (QED) is 0.492. The topological polar surface area (TPSA) is 107 Å². The minimum atomic E-state index is -4.47. The fraction of sp³-hybridized carbons (Fsp3) is 0.250. The fourth-order valence-electron chi connectivity index (χ4n) is 1.85. The molecule has 23 heavy (non-hydrogen) atoms. The van der Waals surface area contributed by atoms with Crippen LogP contribution in [0.25, 0.3) is 0 Å². The van der Waals surface area contributed by atoms with Crippen molar-refractivity contribution in [3.63, 3.8) is 0 Å². The maximum Gasteiger partial charge on any atom is 0.524 e. The summed E-state index contributed by atoms with van der Waals surface area (Å²) in [6.45, 7) is 7.55. The standard InChI is InChI=1S/C10H15O4P.C6H6O2/c1-6-5-10(14-15(11,12)13)9(4)8(3)7(6)2;7-5-1-2-6(8)4-3-5/h5H,1-4H3,(H2,11,12,13);1-4,7-8H. The molecule has 0 heterocycles. The molecule has 0 unspecified atom stereocenters. The van der Waals surface area contributed by atoms with E-state index >= 15 is 0 Å². The summed E-state index contributed by atoms with van der Waals surface area (Å²) in [5, 5.41) is 17.3. The maximum absolute atomic E-state index is 10.7. The molecule has 0 saturated heterocycles. The van der Waals surface area contributed by atoms with Gasteiger partial charge in [0.05, 0.1) is 0 Å². The van der Waals surface area contributed by atoms with E-state index in [1.807, 2.05) is 20.8 Å². The van der Waals surface area contributed by atoms with Crippen molar-refractivity contribution >= 4 is 7.82 Å². The zero-order valence-electron chi connectivity index (χ0n) is 13.4. The molecule has 2 aromatic rings. The van der Waals surface area contributed by atoms with E-state index in [1.54, 1.807) is 13.0 Å². The summed E-state index contributed by atoms with van der Waals surface area (Å²) in [4.78, 5) is 17.5. The van der Waals surface area contributed by atoms with Crippen LogP contribution in [0.15, 0.2) is 30.3 Å². The number of hydrogen-bond acceptors (Lipinski definition) is 4. The molecule has 0 atom stereocenters. The van der Waals surface area contributed by atoms with Gasteiger partial charge in [0.15, 0.2) is 0 Å². The summed E-state index contributed by atoms with van der Waals surface area (Å²) in [7, 11) is -4.47. The Hall–Kier alpha value is -2.01. The van der Waals surface area contributed by atoms with Crippen molar-refractivity contribution in [2.24, 2.45) is 0 Å². The lowest BCUT2D eigenvalue weighted by atomic mass is 9.99. The third-order valence-electron chi connectivity index (χ3n) is 3.50. The van der Waals surface area contributed by atoms with Crippen LogP contribution in [0.1, 0.15) is 22.3 Å². The molecule has 0 aliphatic rings. The van der Waals surface area contributed by atoms with E-state index in [1.165, 1.54) is 24.3 Å². The largest absolute Gasteiger partial charge is 0.524 e. The second kappa shape index (κ2) is 7.51. The van der Waals surface area contributed by atoms with E-state index in [-0.39, 0.29) is 17.2 Å². The third-order valence-corrected chi connectivity index (χ3v) is 3.94. The number of aromatic hydroxyl groups is 2. The van der Waals surface area contributed by atoms with Crippen LogP contribution in [0.4, 0.5) is 0 Å². The molecular formula is C16H21O6P. The molecule has 2 rings (SSSR count). The highest BCUT2D eigenvalue weighted by molar-refractivity contribution is 7.46. The first-order valence-electron chi connectivity index (χ1n) is 6.82. The molecule has 0 aromatic heterocycles. The number of benzene rings is 2. The van der Waals surface area contributed by atoms with Crippen LogP contribution in [0.3, 0.4) is 0 Å². The number of aryl methyl sites for hydroxylation is 1. The molecule has 0 bridgehead atoms. The smallest absolute Gasteiger partial charge is 0.508 e. The van der Waals surface area contributed by atoms with E-state index in [2.05, 4.69) is 4.52 Å². The van der Waals surface area contributed by atoms with Crippen molar-refractivity contribution in [3.8, 4) is 17.2 Å². The van der Waals surface area contributed by atoms with Crippen molar-refractivity contribution in [2.45, 2.75) is 27.7 Å². The first kappa shape index (κ1) is 19.0. The lowest BCUT2D eigenvalue weighted by Crippen LogP contribution is -1.97. The first-order valence-corrected chi connectivity index (χ1v) is 8.35. The summed E-state index contributed by atoms with van der Waals surface area (Å²) < 4.78 is 15.3. The first-order chi connectivity index (χ1) is 10.5. The van der Waals surface area contributed by atoms with Gasteiger partial charge in [0.1, 0.15) is 17.2 Å². The van der Waals surface area contributed by atoms with Gasteiger partial charge in [-0.2, -0.15) is 0 Å². The van der Waals surface area contributed by atoms with Gasteiger partial charge in [-0.1, -0.05) is 0 Å². The van der Waals surface area contributed by atoms with Crippen LogP contribution in [0, 0.1) is 27.7 Å². The molecular weight excluding hydrogens is 319 g/mol. The normalized spacial score (nSPS) is 10.7. The molecule has 0 saturated carbocycles. The Morgan fingerprint density at radius 2 is 1.26 bits per heavy atom. The van der Waals surface area contributed by atoms with Gasteiger partial charge in [-0.25, -0.2) is 4.57 Å². The molecule has 126 valence electrons. The van der Waals surface area contributed by atoms with E-state index in [9.17, 15) is 4.57 Å². The number of phosphoric acid groups is 1. The molecule has 6 nitrogen and oxygen atoms in total. The Labute approximate surface area is 135 Å². The van der Waals surface area contributed by atoms with Crippen molar-refractivity contribution < 1.29 is 29.1 Å². The second-order valence-electron chi connectivity index (χ2n) is 5.16. The molecule has 0 aliphatic carbocycles. The van der Waals surface area contributed by atoms with Crippen LogP contribution in [-0.4, -0.2) is 20.0 Å². The van der Waals surface area contributed by atoms with Crippen LogP contribution >= 0.6 is 7.82 Å².